The summed E-state index contributed by atoms with van der Waals surface area (Å²) in [7, 11) is 0. The van der Waals surface area contributed by atoms with E-state index in [-0.39, 0.29) is 0 Å². The molecule has 0 saturated carbocycles. The molecule has 2 heterocycles. The fourth-order valence-corrected chi connectivity index (χ4v) is 19.6. The molecular formula is C112H66O2. The molecule has 526 valence electrons. The number of hydrogen-bond acceptors (Lipinski definition) is 2. The second-order valence-electron chi connectivity index (χ2n) is 30.6. The summed E-state index contributed by atoms with van der Waals surface area (Å²) in [5.74, 6) is 0. The summed E-state index contributed by atoms with van der Waals surface area (Å²) in [6, 6.07) is 148. The lowest BCUT2D eigenvalue weighted by Gasteiger charge is -2.19. The van der Waals surface area contributed by atoms with E-state index < -0.39 is 0 Å². The van der Waals surface area contributed by atoms with Crippen LogP contribution in [0.1, 0.15) is 0 Å². The van der Waals surface area contributed by atoms with Gasteiger partial charge in [0.2, 0.25) is 0 Å². The van der Waals surface area contributed by atoms with E-state index in [4.69, 9.17) is 8.83 Å². The van der Waals surface area contributed by atoms with Crippen molar-refractivity contribution >= 4 is 152 Å². The largest absolute Gasteiger partial charge is 0.455 e. The standard InChI is InChI=1S/C112H66O2/c1-2-33-77-67(25-1)26-22-50-79(77)72-28-20-31-75(62-72)107-93-44-13-15-46-95(93)108(96-47-16-14-45-94(96)107)76-32-21-29-73(63-76)99-65-102-104(114-112-98-49-18-6-37-85(98)83-35-4-8-39-88(83)110(102)112)66-100(99)86-54-24-52-80-78(51-23-53-81(80)86)68-55-57-69(58-56-68)105-89-40-9-11-42-91(89)106(92-43-12-10-41-90(92)105)74-30-19-27-70(61-74)71-59-60-103-101(64-71)109-87-38-7-3-34-82(87)84-36-5-17-48-97(84)111(109)113-103/h1-66H. The number of hydrogen-bond donors (Lipinski definition) is 0. The second-order valence-corrected chi connectivity index (χ2v) is 30.6. The summed E-state index contributed by atoms with van der Waals surface area (Å²) in [4.78, 5) is 0. The molecule has 0 spiro atoms. The molecule has 24 rings (SSSR count). The van der Waals surface area contributed by atoms with Crippen LogP contribution in [0.4, 0.5) is 0 Å². The Morgan fingerprint density at radius 3 is 0.947 bits per heavy atom. The SMILES string of the molecule is c1cc(-c2ccc3oc4c5ccccc5c5ccccc5c4c3c2)cc(-c2c3ccccc3c(-c3ccc(-c4cccc5c(-c6cc7oc8c9ccccc9c9ccccc9c8c7cc6-c6cccc(-c7c8ccccc8c(-c8cccc(-c9cccc%10ccccc9%10)c8)c8ccccc78)c6)cccc45)cc3)c3ccccc23)c1. The van der Waals surface area contributed by atoms with Gasteiger partial charge in [-0.2, -0.15) is 0 Å². The first-order chi connectivity index (χ1) is 56.6. The Balaban J connectivity index is 0.637. The van der Waals surface area contributed by atoms with Crippen molar-refractivity contribution in [3.63, 3.8) is 0 Å². The van der Waals surface area contributed by atoms with Crippen LogP contribution in [0.15, 0.2) is 409 Å². The van der Waals surface area contributed by atoms with Crippen molar-refractivity contribution in [2.24, 2.45) is 0 Å². The summed E-state index contributed by atoms with van der Waals surface area (Å²) in [6.07, 6.45) is 0. The molecule has 2 heteroatoms. The molecule has 114 heavy (non-hydrogen) atoms. The highest BCUT2D eigenvalue weighted by molar-refractivity contribution is 6.33. The molecule has 2 aromatic heterocycles. The summed E-state index contributed by atoms with van der Waals surface area (Å²) in [5.41, 5.74) is 24.7. The van der Waals surface area contributed by atoms with Crippen molar-refractivity contribution in [3.05, 3.63) is 400 Å². The van der Waals surface area contributed by atoms with Gasteiger partial charge in [0, 0.05) is 32.3 Å². The van der Waals surface area contributed by atoms with Crippen molar-refractivity contribution in [1.29, 1.82) is 0 Å². The molecule has 0 unspecified atom stereocenters. The van der Waals surface area contributed by atoms with Gasteiger partial charge in [0.25, 0.3) is 0 Å². The summed E-state index contributed by atoms with van der Waals surface area (Å²) < 4.78 is 14.1. The van der Waals surface area contributed by atoms with Crippen LogP contribution in [0.5, 0.6) is 0 Å². The molecule has 0 aliphatic carbocycles. The quantitative estimate of drug-likeness (QED) is 0.106. The average Bonchev–Trinajstić information content (AvgIpc) is 1.37. The Morgan fingerprint density at radius 1 is 0.132 bits per heavy atom. The van der Waals surface area contributed by atoms with Crippen molar-refractivity contribution in [3.8, 4) is 100 Å². The van der Waals surface area contributed by atoms with Crippen molar-refractivity contribution in [2.75, 3.05) is 0 Å². The van der Waals surface area contributed by atoms with E-state index in [1.165, 1.54) is 147 Å². The number of furan rings is 2. The Kier molecular flexibility index (Phi) is 14.2. The first-order valence-electron chi connectivity index (χ1n) is 39.4. The highest BCUT2D eigenvalue weighted by Gasteiger charge is 2.26. The van der Waals surface area contributed by atoms with E-state index in [1.807, 2.05) is 0 Å². The van der Waals surface area contributed by atoms with E-state index >= 15 is 0 Å². The lowest BCUT2D eigenvalue weighted by Crippen LogP contribution is -1.93. The molecule has 24 aromatic rings. The van der Waals surface area contributed by atoms with Crippen LogP contribution in [0.2, 0.25) is 0 Å². The zero-order chi connectivity index (χ0) is 74.6. The molecule has 0 N–H and O–H groups in total. The molecule has 0 aliphatic heterocycles. The molecule has 22 aromatic carbocycles. The van der Waals surface area contributed by atoms with Crippen LogP contribution in [0.25, 0.3) is 252 Å². The Hall–Kier alpha value is -15.0. The minimum Gasteiger partial charge on any atom is -0.455 e. The maximum Gasteiger partial charge on any atom is 0.143 e. The number of rotatable bonds is 9. The molecule has 2 nitrogen and oxygen atoms in total. The number of fused-ring (bicyclic) bond motifs is 22. The minimum atomic E-state index is 0.851. The van der Waals surface area contributed by atoms with Crippen LogP contribution < -0.4 is 0 Å². The first kappa shape index (κ1) is 63.9. The molecule has 0 atom stereocenters. The predicted octanol–water partition coefficient (Wildman–Crippen LogP) is 32.0. The summed E-state index contributed by atoms with van der Waals surface area (Å²) in [5, 5.41) is 28.5. The van der Waals surface area contributed by atoms with E-state index in [9.17, 15) is 0 Å². The monoisotopic (exact) mass is 1440 g/mol. The third-order valence-electron chi connectivity index (χ3n) is 24.6. The lowest BCUT2D eigenvalue weighted by molar-refractivity contribution is 0.672. The molecule has 0 aliphatic rings. The minimum absolute atomic E-state index is 0.851. The maximum atomic E-state index is 7.31. The smallest absolute Gasteiger partial charge is 0.143 e. The Morgan fingerprint density at radius 2 is 0.439 bits per heavy atom. The fourth-order valence-electron chi connectivity index (χ4n) is 19.6. The van der Waals surface area contributed by atoms with Crippen LogP contribution in [0.3, 0.4) is 0 Å². The van der Waals surface area contributed by atoms with E-state index in [2.05, 4.69) is 400 Å². The van der Waals surface area contributed by atoms with Gasteiger partial charge in [-0.25, -0.2) is 0 Å². The third-order valence-corrected chi connectivity index (χ3v) is 24.6. The average molecular weight is 1440 g/mol. The normalized spacial score (nSPS) is 12.0. The maximum absolute atomic E-state index is 7.31. The second kappa shape index (κ2) is 25.3. The number of benzene rings is 22. The van der Waals surface area contributed by atoms with Gasteiger partial charge in [-0.1, -0.05) is 358 Å². The van der Waals surface area contributed by atoms with Gasteiger partial charge in [-0.15, -0.1) is 0 Å². The molecular weight excluding hydrogens is 1380 g/mol. The third kappa shape index (κ3) is 9.75. The van der Waals surface area contributed by atoms with E-state index in [0.29, 0.717) is 0 Å². The van der Waals surface area contributed by atoms with Crippen LogP contribution in [0, 0.1) is 0 Å². The molecule has 0 bridgehead atoms. The topological polar surface area (TPSA) is 26.3 Å². The van der Waals surface area contributed by atoms with Gasteiger partial charge in [0.05, 0.1) is 0 Å². The van der Waals surface area contributed by atoms with Crippen molar-refractivity contribution in [2.45, 2.75) is 0 Å². The van der Waals surface area contributed by atoms with Gasteiger partial charge < -0.3 is 8.83 Å². The van der Waals surface area contributed by atoms with Crippen molar-refractivity contribution < 1.29 is 8.83 Å². The van der Waals surface area contributed by atoms with Gasteiger partial charge in [0.1, 0.15) is 22.3 Å². The summed E-state index contributed by atoms with van der Waals surface area (Å²) in [6.45, 7) is 0. The summed E-state index contributed by atoms with van der Waals surface area (Å²) >= 11 is 0. The zero-order valence-corrected chi connectivity index (χ0v) is 61.9. The predicted molar refractivity (Wildman–Crippen MR) is 485 cm³/mol. The highest BCUT2D eigenvalue weighted by atomic mass is 16.3. The lowest BCUT2D eigenvalue weighted by atomic mass is 9.84. The van der Waals surface area contributed by atoms with Crippen LogP contribution in [-0.4, -0.2) is 0 Å². The molecule has 0 fully saturated rings. The van der Waals surface area contributed by atoms with Gasteiger partial charge in [0.15, 0.2) is 0 Å². The Bertz CT molecular complexity index is 8110. The highest BCUT2D eigenvalue weighted by Crippen LogP contribution is 2.52. The zero-order valence-electron chi connectivity index (χ0n) is 61.9. The van der Waals surface area contributed by atoms with Gasteiger partial charge in [-0.05, 0) is 240 Å². The van der Waals surface area contributed by atoms with E-state index in [0.717, 1.165) is 105 Å². The molecule has 0 radical (unpaired) electrons. The molecule has 0 saturated heterocycles. The van der Waals surface area contributed by atoms with Crippen LogP contribution >= 0.6 is 0 Å². The van der Waals surface area contributed by atoms with Gasteiger partial charge >= 0.3 is 0 Å². The van der Waals surface area contributed by atoms with Gasteiger partial charge in [-0.3, -0.25) is 0 Å². The van der Waals surface area contributed by atoms with E-state index in [1.54, 1.807) is 0 Å². The van der Waals surface area contributed by atoms with Crippen molar-refractivity contribution in [1.82, 2.24) is 0 Å². The molecule has 0 amide bonds. The fraction of sp³-hybridized carbons (Fsp3) is 0. The first-order valence-corrected chi connectivity index (χ1v) is 39.4. The Labute approximate surface area is 656 Å². The van der Waals surface area contributed by atoms with Crippen LogP contribution in [-0.2, 0) is 0 Å².